The van der Waals surface area contributed by atoms with Crippen molar-refractivity contribution in [2.24, 2.45) is 0 Å². The second kappa shape index (κ2) is 7.59. The summed E-state index contributed by atoms with van der Waals surface area (Å²) in [5, 5.41) is 18.2. The van der Waals surface area contributed by atoms with Gasteiger partial charge in [-0.2, -0.15) is 0 Å². The van der Waals surface area contributed by atoms with Gasteiger partial charge in [0.2, 0.25) is 0 Å². The van der Waals surface area contributed by atoms with Crippen molar-refractivity contribution in [1.29, 1.82) is 0 Å². The highest BCUT2D eigenvalue weighted by Gasteiger charge is 2.19. The molecule has 144 valence electrons. The molecular formula is C23H19N2O4+. The lowest BCUT2D eigenvalue weighted by atomic mass is 10.1. The molecule has 29 heavy (non-hydrogen) atoms. The molecule has 0 aliphatic carbocycles. The highest BCUT2D eigenvalue weighted by molar-refractivity contribution is 5.88. The highest BCUT2D eigenvalue weighted by atomic mass is 16.4. The van der Waals surface area contributed by atoms with Crippen molar-refractivity contribution in [2.45, 2.75) is 13.0 Å². The van der Waals surface area contributed by atoms with Crippen molar-refractivity contribution in [3.05, 3.63) is 101 Å². The molecule has 0 bridgehead atoms. The van der Waals surface area contributed by atoms with Gasteiger partial charge in [0.15, 0.2) is 11.0 Å². The second-order valence-electron chi connectivity index (χ2n) is 6.86. The first-order chi connectivity index (χ1) is 14.0. The summed E-state index contributed by atoms with van der Waals surface area (Å²) in [6, 6.07) is 21.7. The molecule has 0 spiro atoms. The molecule has 1 heterocycles. The van der Waals surface area contributed by atoms with Gasteiger partial charge in [-0.3, -0.25) is 0 Å². The minimum absolute atomic E-state index is 0.261. The van der Waals surface area contributed by atoms with Gasteiger partial charge in [0.05, 0.1) is 17.5 Å². The quantitative estimate of drug-likeness (QED) is 0.442. The van der Waals surface area contributed by atoms with E-state index >= 15 is 0 Å². The predicted molar refractivity (Wildman–Crippen MR) is 107 cm³/mol. The molecule has 6 nitrogen and oxygen atoms in total. The van der Waals surface area contributed by atoms with Gasteiger partial charge in [0.1, 0.15) is 6.54 Å². The summed E-state index contributed by atoms with van der Waals surface area (Å²) in [4.78, 5) is 25.6. The number of H-pyrrole nitrogens is 1. The number of hydrogen-bond acceptors (Lipinski definition) is 2. The van der Waals surface area contributed by atoms with E-state index in [0.29, 0.717) is 13.0 Å². The summed E-state index contributed by atoms with van der Waals surface area (Å²) in [6.45, 7) is 0.590. The number of carbonyl (C=O) groups is 2. The zero-order chi connectivity index (χ0) is 20.4. The molecular weight excluding hydrogens is 368 g/mol. The smallest absolute Gasteiger partial charge is 0.335 e. The summed E-state index contributed by atoms with van der Waals surface area (Å²) in [5.74, 6) is -0.902. The van der Waals surface area contributed by atoms with Gasteiger partial charge in [-0.15, -0.1) is 0 Å². The monoisotopic (exact) mass is 387 g/mol. The van der Waals surface area contributed by atoms with Crippen LogP contribution in [-0.2, 0) is 13.0 Å². The number of benzene rings is 3. The van der Waals surface area contributed by atoms with Gasteiger partial charge < -0.3 is 10.2 Å². The second-order valence-corrected chi connectivity index (χ2v) is 6.86. The number of aromatic carboxylic acids is 2. The minimum atomic E-state index is -0.943. The Morgan fingerprint density at radius 2 is 1.31 bits per heavy atom. The summed E-state index contributed by atoms with van der Waals surface area (Å²) in [5.41, 5.74) is 4.57. The van der Waals surface area contributed by atoms with Crippen LogP contribution in [0.3, 0.4) is 0 Å². The number of nitrogens with zero attached hydrogens (tertiary/aromatic N) is 1. The lowest BCUT2D eigenvalue weighted by Gasteiger charge is -2.05. The Hall–Kier alpha value is -3.93. The Bertz CT molecular complexity index is 1190. The number of aromatic amines is 1. The van der Waals surface area contributed by atoms with E-state index in [4.69, 9.17) is 10.2 Å². The van der Waals surface area contributed by atoms with E-state index in [1.165, 1.54) is 0 Å². The maximum Gasteiger partial charge on any atom is 0.335 e. The lowest BCUT2D eigenvalue weighted by Crippen LogP contribution is -2.37. The Morgan fingerprint density at radius 3 is 1.90 bits per heavy atom. The van der Waals surface area contributed by atoms with Crippen LogP contribution < -0.4 is 4.57 Å². The van der Waals surface area contributed by atoms with Crippen LogP contribution in [-0.4, -0.2) is 27.1 Å². The van der Waals surface area contributed by atoms with Crippen LogP contribution in [0, 0.1) is 0 Å². The predicted octanol–water partition coefficient (Wildman–Crippen LogP) is 3.49. The number of fused-ring (bicyclic) bond motifs is 1. The number of hydrogen-bond donors (Lipinski definition) is 3. The van der Waals surface area contributed by atoms with Gasteiger partial charge in [0, 0.05) is 0 Å². The van der Waals surface area contributed by atoms with Crippen LogP contribution in [0.4, 0.5) is 0 Å². The highest BCUT2D eigenvalue weighted by Crippen LogP contribution is 2.15. The van der Waals surface area contributed by atoms with Crippen LogP contribution in [0.25, 0.3) is 11.0 Å². The first kappa shape index (κ1) is 18.4. The number of carboxylic acid groups (broad SMARTS) is 2. The van der Waals surface area contributed by atoms with E-state index in [1.807, 2.05) is 48.5 Å². The van der Waals surface area contributed by atoms with Crippen LogP contribution in [0.1, 0.15) is 37.7 Å². The average molecular weight is 387 g/mol. The van der Waals surface area contributed by atoms with E-state index in [1.54, 1.807) is 24.3 Å². The number of nitrogens with one attached hydrogen (secondary N) is 1. The number of rotatable bonds is 6. The first-order valence-corrected chi connectivity index (χ1v) is 9.15. The summed E-state index contributed by atoms with van der Waals surface area (Å²) in [7, 11) is 0. The third-order valence-electron chi connectivity index (χ3n) is 4.91. The Kier molecular flexibility index (Phi) is 4.83. The molecule has 0 saturated heterocycles. The normalized spacial score (nSPS) is 10.9. The Balaban J connectivity index is 1.68. The van der Waals surface area contributed by atoms with E-state index in [2.05, 4.69) is 9.55 Å². The molecule has 6 heteroatoms. The molecule has 1 aromatic heterocycles. The fourth-order valence-corrected chi connectivity index (χ4v) is 3.40. The van der Waals surface area contributed by atoms with E-state index in [9.17, 15) is 9.59 Å². The zero-order valence-corrected chi connectivity index (χ0v) is 15.5. The molecule has 0 aliphatic rings. The fourth-order valence-electron chi connectivity index (χ4n) is 3.40. The SMILES string of the molecule is O=C(O)c1ccc(Cc2[nH]c3ccccc3[n+]2Cc2ccc(C(=O)O)cc2)cc1. The van der Waals surface area contributed by atoms with Gasteiger partial charge >= 0.3 is 11.9 Å². The van der Waals surface area contributed by atoms with E-state index in [-0.39, 0.29) is 11.1 Å². The van der Waals surface area contributed by atoms with Crippen molar-refractivity contribution in [3.8, 4) is 0 Å². The van der Waals surface area contributed by atoms with Crippen LogP contribution in [0.2, 0.25) is 0 Å². The van der Waals surface area contributed by atoms with Crippen molar-refractivity contribution < 1.29 is 24.4 Å². The van der Waals surface area contributed by atoms with Crippen LogP contribution in [0.15, 0.2) is 72.8 Å². The zero-order valence-electron chi connectivity index (χ0n) is 15.5. The summed E-state index contributed by atoms with van der Waals surface area (Å²) in [6.07, 6.45) is 0.613. The molecule has 0 fully saturated rings. The van der Waals surface area contributed by atoms with Crippen LogP contribution >= 0.6 is 0 Å². The van der Waals surface area contributed by atoms with Crippen molar-refractivity contribution in [2.75, 3.05) is 0 Å². The molecule has 0 saturated carbocycles. The molecule has 0 atom stereocenters. The summed E-state index contributed by atoms with van der Waals surface area (Å²) < 4.78 is 2.16. The molecule has 0 radical (unpaired) electrons. The Morgan fingerprint density at radius 1 is 0.759 bits per heavy atom. The van der Waals surface area contributed by atoms with E-state index < -0.39 is 11.9 Å². The molecule has 4 aromatic rings. The number of carboxylic acids is 2. The van der Waals surface area contributed by atoms with E-state index in [0.717, 1.165) is 28.0 Å². The molecule has 3 N–H and O–H groups in total. The standard InChI is InChI=1S/C23H18N2O4/c26-22(27)17-9-5-15(6-10-17)13-21-24-19-3-1-2-4-20(19)25(21)14-16-7-11-18(12-8-16)23(28)29/h1-12H,13-14H2,(H2,26,27,28,29)/p+1. The fraction of sp³-hybridized carbons (Fsp3) is 0.0870. The molecule has 4 rings (SSSR count). The topological polar surface area (TPSA) is 94.3 Å². The maximum atomic E-state index is 11.1. The average Bonchev–Trinajstić information content (AvgIpc) is 3.06. The van der Waals surface area contributed by atoms with Gasteiger partial charge in [-0.05, 0) is 47.5 Å². The van der Waals surface area contributed by atoms with Crippen molar-refractivity contribution >= 4 is 23.0 Å². The first-order valence-electron chi connectivity index (χ1n) is 9.15. The molecule has 0 amide bonds. The van der Waals surface area contributed by atoms with Gasteiger partial charge in [-0.1, -0.05) is 36.4 Å². The molecule has 0 unspecified atom stereocenters. The molecule has 0 aliphatic heterocycles. The minimum Gasteiger partial charge on any atom is -0.478 e. The number of aromatic nitrogens is 2. The maximum absolute atomic E-state index is 11.1. The van der Waals surface area contributed by atoms with Crippen molar-refractivity contribution in [1.82, 2.24) is 4.98 Å². The number of para-hydroxylation sites is 2. The van der Waals surface area contributed by atoms with Gasteiger partial charge in [0.25, 0.3) is 5.82 Å². The van der Waals surface area contributed by atoms with Crippen molar-refractivity contribution in [3.63, 3.8) is 0 Å². The lowest BCUT2D eigenvalue weighted by molar-refractivity contribution is -0.669. The van der Waals surface area contributed by atoms with Gasteiger partial charge in [-0.25, -0.2) is 19.1 Å². The Labute approximate surface area is 166 Å². The largest absolute Gasteiger partial charge is 0.478 e. The van der Waals surface area contributed by atoms with Crippen LogP contribution in [0.5, 0.6) is 0 Å². The third-order valence-corrected chi connectivity index (χ3v) is 4.91. The summed E-state index contributed by atoms with van der Waals surface area (Å²) >= 11 is 0. The number of imidazole rings is 1. The molecule has 3 aromatic carbocycles. The third kappa shape index (κ3) is 3.87.